The molecule has 0 aromatic carbocycles. The summed E-state index contributed by atoms with van der Waals surface area (Å²) in [5.41, 5.74) is -2.36. The molecule has 1 rings (SSSR count). The lowest BCUT2D eigenvalue weighted by atomic mass is 9.79. The van der Waals surface area contributed by atoms with Crippen LogP contribution in [0.25, 0.3) is 0 Å². The molecule has 1 amide bonds. The number of rotatable bonds is 9. The van der Waals surface area contributed by atoms with Gasteiger partial charge >= 0.3 is 18.0 Å². The quantitative estimate of drug-likeness (QED) is 0.528. The van der Waals surface area contributed by atoms with Gasteiger partial charge in [0.05, 0.1) is 24.5 Å². The van der Waals surface area contributed by atoms with Gasteiger partial charge in [0.25, 0.3) is 0 Å². The van der Waals surface area contributed by atoms with Crippen LogP contribution in [0.4, 0.5) is 4.79 Å². The van der Waals surface area contributed by atoms with Crippen LogP contribution >= 0.6 is 0 Å². The van der Waals surface area contributed by atoms with Crippen molar-refractivity contribution in [1.29, 1.82) is 0 Å². The van der Waals surface area contributed by atoms with E-state index in [-0.39, 0.29) is 18.8 Å². The van der Waals surface area contributed by atoms with Crippen molar-refractivity contribution in [2.75, 3.05) is 0 Å². The fraction of sp³-hybridized carbons (Fsp3) is 0.870. The summed E-state index contributed by atoms with van der Waals surface area (Å²) in [7, 11) is 0. The van der Waals surface area contributed by atoms with Crippen LogP contribution in [-0.2, 0) is 19.1 Å². The van der Waals surface area contributed by atoms with Crippen molar-refractivity contribution < 1.29 is 34.1 Å². The van der Waals surface area contributed by atoms with Gasteiger partial charge < -0.3 is 19.7 Å². The molecule has 2 N–H and O–H groups in total. The maximum absolute atomic E-state index is 13.1. The number of carboxylic acid groups (broad SMARTS) is 2. The molecule has 0 bridgehead atoms. The maximum Gasteiger partial charge on any atom is 0.412 e. The van der Waals surface area contributed by atoms with Crippen LogP contribution in [0.3, 0.4) is 0 Å². The second-order valence-electron chi connectivity index (χ2n) is 11.4. The van der Waals surface area contributed by atoms with E-state index in [0.717, 1.165) is 0 Å². The molecule has 0 unspecified atom stereocenters. The van der Waals surface area contributed by atoms with Crippen molar-refractivity contribution in [2.45, 2.75) is 111 Å². The van der Waals surface area contributed by atoms with E-state index in [0.29, 0.717) is 12.8 Å². The fourth-order valence-electron chi connectivity index (χ4n) is 4.36. The molecular weight excluding hydrogens is 402 g/mol. The number of hydrogen-bond acceptors (Lipinski definition) is 5. The van der Waals surface area contributed by atoms with Gasteiger partial charge in [0.1, 0.15) is 11.3 Å². The minimum Gasteiger partial charge on any atom is -0.481 e. The van der Waals surface area contributed by atoms with Crippen molar-refractivity contribution >= 4 is 18.0 Å². The molecule has 180 valence electrons. The summed E-state index contributed by atoms with van der Waals surface area (Å²) in [6.45, 7) is 16.4. The van der Waals surface area contributed by atoms with Crippen LogP contribution in [0.2, 0.25) is 0 Å². The van der Waals surface area contributed by atoms with Gasteiger partial charge in [-0.2, -0.15) is 0 Å². The van der Waals surface area contributed by atoms with Gasteiger partial charge in [-0.1, -0.05) is 27.7 Å². The zero-order chi connectivity index (χ0) is 24.4. The summed E-state index contributed by atoms with van der Waals surface area (Å²) in [4.78, 5) is 37.9. The smallest absolute Gasteiger partial charge is 0.412 e. The first kappa shape index (κ1) is 27.2. The Morgan fingerprint density at radius 1 is 1.10 bits per heavy atom. The molecule has 3 atom stereocenters. The van der Waals surface area contributed by atoms with Crippen molar-refractivity contribution in [1.82, 2.24) is 4.90 Å². The Morgan fingerprint density at radius 3 is 2.06 bits per heavy atom. The molecule has 8 nitrogen and oxygen atoms in total. The third-order valence-corrected chi connectivity index (χ3v) is 5.38. The monoisotopic (exact) mass is 443 g/mol. The average Bonchev–Trinajstić information content (AvgIpc) is 2.72. The first-order valence-corrected chi connectivity index (χ1v) is 11.0. The molecular formula is C23H41NO7. The van der Waals surface area contributed by atoms with Gasteiger partial charge in [-0.25, -0.2) is 4.79 Å². The zero-order valence-corrected chi connectivity index (χ0v) is 20.5. The van der Waals surface area contributed by atoms with Crippen LogP contribution in [0.1, 0.15) is 88.0 Å². The summed E-state index contributed by atoms with van der Waals surface area (Å²) in [6, 6.07) is -0.506. The minimum atomic E-state index is -1.02. The van der Waals surface area contributed by atoms with E-state index in [4.69, 9.17) is 9.47 Å². The molecule has 8 heteroatoms. The first-order valence-electron chi connectivity index (χ1n) is 11.0. The standard InChI is InChI=1S/C23H41NO7/c1-14(2)10-15(19(27)28)11-17-16(12-22(6,7)13-18(25)26)24(23(8,9)30-17)20(29)31-21(3,4)5/h14-17H,10-13H2,1-9H3,(H,25,26)(H,27,28)/t15-,16+,17+/m1/s1. The van der Waals surface area contributed by atoms with E-state index < -0.39 is 52.8 Å². The predicted molar refractivity (Wildman–Crippen MR) is 117 cm³/mol. The second-order valence-corrected chi connectivity index (χ2v) is 11.4. The number of carbonyl (C=O) groups is 3. The number of nitrogens with zero attached hydrogens (tertiary/aromatic N) is 1. The summed E-state index contributed by atoms with van der Waals surface area (Å²) in [6.07, 6.45) is -0.0900. The zero-order valence-electron chi connectivity index (χ0n) is 20.5. The molecule has 1 saturated heterocycles. The van der Waals surface area contributed by atoms with E-state index in [1.54, 1.807) is 34.6 Å². The Balaban J connectivity index is 3.32. The molecule has 1 fully saturated rings. The average molecular weight is 444 g/mol. The third-order valence-electron chi connectivity index (χ3n) is 5.38. The lowest BCUT2D eigenvalue weighted by molar-refractivity contribution is -0.144. The summed E-state index contributed by atoms with van der Waals surface area (Å²) in [5, 5.41) is 19.1. The highest BCUT2D eigenvalue weighted by molar-refractivity contribution is 5.71. The van der Waals surface area contributed by atoms with E-state index in [2.05, 4.69) is 0 Å². The van der Waals surface area contributed by atoms with E-state index in [1.165, 1.54) is 4.90 Å². The normalized spacial score (nSPS) is 22.5. The van der Waals surface area contributed by atoms with Crippen LogP contribution in [0, 0.1) is 17.3 Å². The van der Waals surface area contributed by atoms with Crippen LogP contribution < -0.4 is 0 Å². The maximum atomic E-state index is 13.1. The SMILES string of the molecule is CC(C)C[C@H](C[C@@H]1OC(C)(C)N(C(=O)OC(C)(C)C)[C@H]1CC(C)(C)CC(=O)O)C(=O)O. The molecule has 0 spiro atoms. The molecule has 1 aliphatic rings. The number of amides is 1. The Kier molecular flexibility index (Phi) is 8.56. The number of aliphatic carboxylic acids is 2. The third kappa shape index (κ3) is 8.31. The fourth-order valence-corrected chi connectivity index (χ4v) is 4.36. The Morgan fingerprint density at radius 2 is 1.65 bits per heavy atom. The van der Waals surface area contributed by atoms with Crippen molar-refractivity contribution in [3.8, 4) is 0 Å². The molecule has 1 aliphatic heterocycles. The van der Waals surface area contributed by atoms with Gasteiger partial charge in [0, 0.05) is 0 Å². The van der Waals surface area contributed by atoms with Crippen molar-refractivity contribution in [2.24, 2.45) is 17.3 Å². The lowest BCUT2D eigenvalue weighted by Gasteiger charge is -2.38. The summed E-state index contributed by atoms with van der Waals surface area (Å²) in [5.74, 6) is -2.25. The minimum absolute atomic E-state index is 0.0762. The molecule has 0 aliphatic carbocycles. The molecule has 0 aromatic rings. The number of ether oxygens (including phenoxy) is 2. The second kappa shape index (κ2) is 9.76. The van der Waals surface area contributed by atoms with Gasteiger partial charge in [0.2, 0.25) is 0 Å². The largest absolute Gasteiger partial charge is 0.481 e. The van der Waals surface area contributed by atoms with Gasteiger partial charge in [-0.15, -0.1) is 0 Å². The summed E-state index contributed by atoms with van der Waals surface area (Å²) < 4.78 is 11.9. The molecule has 1 heterocycles. The highest BCUT2D eigenvalue weighted by atomic mass is 16.6. The molecule has 31 heavy (non-hydrogen) atoms. The summed E-state index contributed by atoms with van der Waals surface area (Å²) >= 11 is 0. The van der Waals surface area contributed by atoms with Crippen LogP contribution in [0.5, 0.6) is 0 Å². The number of hydrogen-bond donors (Lipinski definition) is 2. The Bertz CT molecular complexity index is 663. The number of carboxylic acids is 2. The van der Waals surface area contributed by atoms with E-state index >= 15 is 0 Å². The van der Waals surface area contributed by atoms with Gasteiger partial charge in [0.15, 0.2) is 0 Å². The molecule has 0 saturated carbocycles. The van der Waals surface area contributed by atoms with E-state index in [1.807, 2.05) is 27.7 Å². The van der Waals surface area contributed by atoms with Crippen LogP contribution in [-0.4, -0.2) is 56.6 Å². The predicted octanol–water partition coefficient (Wildman–Crippen LogP) is 4.76. The topological polar surface area (TPSA) is 113 Å². The van der Waals surface area contributed by atoms with Gasteiger partial charge in [-0.3, -0.25) is 14.5 Å². The Labute approximate surface area is 186 Å². The van der Waals surface area contributed by atoms with Crippen molar-refractivity contribution in [3.63, 3.8) is 0 Å². The highest BCUT2D eigenvalue weighted by Crippen LogP contribution is 2.42. The van der Waals surface area contributed by atoms with E-state index in [9.17, 15) is 24.6 Å². The molecule has 0 aromatic heterocycles. The van der Waals surface area contributed by atoms with Crippen molar-refractivity contribution in [3.05, 3.63) is 0 Å². The highest BCUT2D eigenvalue weighted by Gasteiger charge is 2.53. The Hall–Kier alpha value is -1.83. The molecule has 0 radical (unpaired) electrons. The number of carbonyl (C=O) groups excluding carboxylic acids is 1. The lowest BCUT2D eigenvalue weighted by Crippen LogP contribution is -2.51. The first-order chi connectivity index (χ1) is 13.8. The van der Waals surface area contributed by atoms with Crippen LogP contribution in [0.15, 0.2) is 0 Å². The van der Waals surface area contributed by atoms with Gasteiger partial charge in [-0.05, 0) is 65.2 Å².